The van der Waals surface area contributed by atoms with Crippen molar-refractivity contribution in [2.45, 2.75) is 38.5 Å². The van der Waals surface area contributed by atoms with Crippen LogP contribution in [-0.4, -0.2) is 22.7 Å². The molecule has 122 valence electrons. The smallest absolute Gasteiger partial charge is 0.0541 e. The molecule has 1 fully saturated rings. The Balaban J connectivity index is 1.82. The molecule has 3 heteroatoms. The zero-order valence-corrected chi connectivity index (χ0v) is 14.3. The van der Waals surface area contributed by atoms with Crippen LogP contribution in [0.5, 0.6) is 0 Å². The van der Waals surface area contributed by atoms with Gasteiger partial charge in [0.1, 0.15) is 0 Å². The van der Waals surface area contributed by atoms with Crippen LogP contribution in [0.2, 0.25) is 5.02 Å². The van der Waals surface area contributed by atoms with Gasteiger partial charge in [-0.15, -0.1) is 0 Å². The van der Waals surface area contributed by atoms with Crippen molar-refractivity contribution in [3.8, 4) is 0 Å². The Morgan fingerprint density at radius 1 is 1.13 bits per heavy atom. The van der Waals surface area contributed by atoms with Gasteiger partial charge in [0.2, 0.25) is 0 Å². The Morgan fingerprint density at radius 3 is 2.48 bits per heavy atom. The molecule has 0 amide bonds. The molecule has 0 saturated carbocycles. The number of rotatable bonds is 4. The molecule has 2 aromatic carbocycles. The van der Waals surface area contributed by atoms with E-state index in [0.29, 0.717) is 12.0 Å². The summed E-state index contributed by atoms with van der Waals surface area (Å²) in [5, 5.41) is 10.8. The Morgan fingerprint density at radius 2 is 1.83 bits per heavy atom. The highest BCUT2D eigenvalue weighted by Gasteiger charge is 2.31. The second-order valence-electron chi connectivity index (χ2n) is 6.55. The monoisotopic (exact) mass is 329 g/mol. The number of hydrogen-bond donors (Lipinski definition) is 1. The second-order valence-corrected chi connectivity index (χ2v) is 6.98. The second kappa shape index (κ2) is 7.48. The zero-order chi connectivity index (χ0) is 16.2. The van der Waals surface area contributed by atoms with Crippen LogP contribution < -0.4 is 0 Å². The lowest BCUT2D eigenvalue weighted by Gasteiger charge is -2.41. The Hall–Kier alpha value is -1.35. The minimum Gasteiger partial charge on any atom is -0.393 e. The van der Waals surface area contributed by atoms with Crippen LogP contribution >= 0.6 is 11.6 Å². The molecular weight excluding hydrogens is 306 g/mol. The van der Waals surface area contributed by atoms with Gasteiger partial charge < -0.3 is 5.11 Å². The van der Waals surface area contributed by atoms with Gasteiger partial charge in [-0.25, -0.2) is 0 Å². The van der Waals surface area contributed by atoms with Gasteiger partial charge in [-0.05, 0) is 55.5 Å². The van der Waals surface area contributed by atoms with Crippen LogP contribution in [-0.2, 0) is 6.54 Å². The van der Waals surface area contributed by atoms with Crippen molar-refractivity contribution in [2.75, 3.05) is 6.54 Å². The van der Waals surface area contributed by atoms with Gasteiger partial charge >= 0.3 is 0 Å². The van der Waals surface area contributed by atoms with Crippen LogP contribution in [0.15, 0.2) is 54.6 Å². The van der Waals surface area contributed by atoms with E-state index in [4.69, 9.17) is 11.6 Å². The van der Waals surface area contributed by atoms with Crippen LogP contribution in [0.1, 0.15) is 36.9 Å². The summed E-state index contributed by atoms with van der Waals surface area (Å²) < 4.78 is 0. The van der Waals surface area contributed by atoms with Crippen molar-refractivity contribution in [2.24, 2.45) is 5.92 Å². The number of piperidine rings is 1. The average molecular weight is 330 g/mol. The molecule has 0 radical (unpaired) electrons. The molecule has 1 heterocycles. The van der Waals surface area contributed by atoms with Crippen molar-refractivity contribution in [3.05, 3.63) is 70.7 Å². The van der Waals surface area contributed by atoms with Crippen molar-refractivity contribution in [3.63, 3.8) is 0 Å². The van der Waals surface area contributed by atoms with Gasteiger partial charge in [-0.3, -0.25) is 4.90 Å². The molecule has 2 nitrogen and oxygen atoms in total. The predicted molar refractivity (Wildman–Crippen MR) is 95.4 cm³/mol. The quantitative estimate of drug-likeness (QED) is 0.880. The number of hydrogen-bond acceptors (Lipinski definition) is 2. The van der Waals surface area contributed by atoms with E-state index in [-0.39, 0.29) is 6.10 Å². The normalized spacial score (nSPS) is 23.6. The molecule has 1 saturated heterocycles. The number of benzene rings is 2. The zero-order valence-electron chi connectivity index (χ0n) is 13.5. The number of aliphatic hydroxyl groups is 1. The molecule has 0 aliphatic carbocycles. The largest absolute Gasteiger partial charge is 0.393 e. The highest BCUT2D eigenvalue weighted by molar-refractivity contribution is 6.30. The summed E-state index contributed by atoms with van der Waals surface area (Å²) in [6.45, 7) is 3.87. The van der Waals surface area contributed by atoms with E-state index in [1.165, 1.54) is 11.1 Å². The van der Waals surface area contributed by atoms with Gasteiger partial charge in [-0.1, -0.05) is 54.1 Å². The van der Waals surface area contributed by atoms with E-state index in [1.54, 1.807) is 0 Å². The Kier molecular flexibility index (Phi) is 5.37. The van der Waals surface area contributed by atoms with Crippen LogP contribution in [0.4, 0.5) is 0 Å². The summed E-state index contributed by atoms with van der Waals surface area (Å²) in [6.07, 6.45) is 1.80. The lowest BCUT2D eigenvalue weighted by molar-refractivity contribution is 0.0353. The highest BCUT2D eigenvalue weighted by Crippen LogP contribution is 2.37. The third kappa shape index (κ3) is 4.14. The number of likely N-dealkylation sites (tertiary alicyclic amines) is 1. The fourth-order valence-corrected chi connectivity index (χ4v) is 3.64. The van der Waals surface area contributed by atoms with Crippen LogP contribution in [0, 0.1) is 5.92 Å². The summed E-state index contributed by atoms with van der Waals surface area (Å²) in [4.78, 5) is 2.53. The molecule has 2 aromatic rings. The molecule has 3 rings (SSSR count). The summed E-state index contributed by atoms with van der Waals surface area (Å²) >= 11 is 6.04. The lowest BCUT2D eigenvalue weighted by Crippen LogP contribution is -2.39. The number of aliphatic hydroxyl groups excluding tert-OH is 1. The van der Waals surface area contributed by atoms with Crippen molar-refractivity contribution in [1.29, 1.82) is 0 Å². The van der Waals surface area contributed by atoms with Crippen LogP contribution in [0.3, 0.4) is 0 Å². The minimum atomic E-state index is -0.247. The molecule has 1 aliphatic heterocycles. The first-order chi connectivity index (χ1) is 11.1. The highest BCUT2D eigenvalue weighted by atomic mass is 35.5. The predicted octanol–water partition coefficient (Wildman–Crippen LogP) is 4.67. The van der Waals surface area contributed by atoms with E-state index in [9.17, 15) is 5.11 Å². The first-order valence-electron chi connectivity index (χ1n) is 8.35. The van der Waals surface area contributed by atoms with Crippen LogP contribution in [0.25, 0.3) is 0 Å². The van der Waals surface area contributed by atoms with E-state index in [0.717, 1.165) is 31.0 Å². The topological polar surface area (TPSA) is 23.5 Å². The van der Waals surface area contributed by atoms with Gasteiger partial charge in [0.15, 0.2) is 0 Å². The third-order valence-corrected chi connectivity index (χ3v) is 5.17. The lowest BCUT2D eigenvalue weighted by atomic mass is 9.84. The van der Waals surface area contributed by atoms with Crippen molar-refractivity contribution < 1.29 is 5.11 Å². The summed E-state index contributed by atoms with van der Waals surface area (Å²) in [5.74, 6) is 0.364. The number of halogens is 1. The van der Waals surface area contributed by atoms with Crippen molar-refractivity contribution in [1.82, 2.24) is 4.90 Å². The standard InChI is InChI=1S/C20H24ClNO/c1-15(23)18-11-12-22(14-16-5-3-2-4-6-16)20(13-18)17-7-9-19(21)10-8-17/h2-10,15,18,20,23H,11-14H2,1H3/t15-,18+,20?/m0/s1. The molecule has 0 bridgehead atoms. The van der Waals surface area contributed by atoms with Crippen molar-refractivity contribution >= 4 is 11.6 Å². The molecule has 3 atom stereocenters. The fourth-order valence-electron chi connectivity index (χ4n) is 3.52. The minimum absolute atomic E-state index is 0.247. The van der Waals surface area contributed by atoms with E-state index < -0.39 is 0 Å². The maximum absolute atomic E-state index is 10.0. The maximum atomic E-state index is 10.0. The molecule has 0 aromatic heterocycles. The maximum Gasteiger partial charge on any atom is 0.0541 e. The van der Waals surface area contributed by atoms with E-state index in [1.807, 2.05) is 19.1 Å². The molecule has 23 heavy (non-hydrogen) atoms. The fraction of sp³-hybridized carbons (Fsp3) is 0.400. The van der Waals surface area contributed by atoms with E-state index >= 15 is 0 Å². The summed E-state index contributed by atoms with van der Waals surface area (Å²) in [7, 11) is 0. The molecular formula is C20H24ClNO. The van der Waals surface area contributed by atoms with Gasteiger partial charge in [0.05, 0.1) is 6.10 Å². The third-order valence-electron chi connectivity index (χ3n) is 4.92. The van der Waals surface area contributed by atoms with Gasteiger partial charge in [0.25, 0.3) is 0 Å². The first-order valence-corrected chi connectivity index (χ1v) is 8.73. The molecule has 1 aliphatic rings. The molecule has 1 unspecified atom stereocenters. The summed E-state index contributed by atoms with van der Waals surface area (Å²) in [5.41, 5.74) is 2.62. The Bertz CT molecular complexity index is 611. The van der Waals surface area contributed by atoms with Gasteiger partial charge in [-0.2, -0.15) is 0 Å². The molecule has 0 spiro atoms. The SMILES string of the molecule is C[C@H](O)[C@@H]1CCN(Cc2ccccc2)C(c2ccc(Cl)cc2)C1. The average Bonchev–Trinajstić information content (AvgIpc) is 2.57. The first kappa shape index (κ1) is 16.5. The van der Waals surface area contributed by atoms with E-state index in [2.05, 4.69) is 47.4 Å². The Labute approximate surface area is 143 Å². The van der Waals surface area contributed by atoms with Gasteiger partial charge in [0, 0.05) is 17.6 Å². The number of nitrogens with zero attached hydrogens (tertiary/aromatic N) is 1. The molecule has 1 N–H and O–H groups in total. The summed E-state index contributed by atoms with van der Waals surface area (Å²) in [6, 6.07) is 19.1.